The molecule has 0 aromatic heterocycles. The Balaban J connectivity index is 3.04. The van der Waals surface area contributed by atoms with E-state index in [0.29, 0.717) is 12.2 Å². The highest BCUT2D eigenvalue weighted by atomic mass is 32.2. The maximum atomic E-state index is 13.3. The minimum Gasteiger partial charge on any atom is -0.480 e. The molecule has 0 aliphatic heterocycles. The van der Waals surface area contributed by atoms with Gasteiger partial charge in [0.05, 0.1) is 6.04 Å². The molecule has 222 valence electrons. The molecule has 4 unspecified atom stereocenters. The molecule has 0 aliphatic carbocycles. The second-order valence-corrected chi connectivity index (χ2v) is 10.0. The van der Waals surface area contributed by atoms with E-state index in [1.165, 1.54) is 11.8 Å². The Morgan fingerprint density at radius 2 is 1.45 bits per heavy atom. The van der Waals surface area contributed by atoms with Crippen LogP contribution in [0.1, 0.15) is 37.7 Å². The van der Waals surface area contributed by atoms with Crippen LogP contribution in [0, 0.1) is 0 Å². The van der Waals surface area contributed by atoms with Gasteiger partial charge in [-0.25, -0.2) is 4.79 Å². The highest BCUT2D eigenvalue weighted by Crippen LogP contribution is 2.07. The number of nitrogens with two attached hydrogens (primary N) is 4. The summed E-state index contributed by atoms with van der Waals surface area (Å²) >= 11 is 1.41. The predicted octanol–water partition coefficient (Wildman–Crippen LogP) is -1.83. The smallest absolute Gasteiger partial charge is 0.326 e. The number of amides is 4. The molecule has 0 heterocycles. The van der Waals surface area contributed by atoms with Crippen molar-refractivity contribution in [1.29, 1.82) is 0 Å². The lowest BCUT2D eigenvalue weighted by atomic mass is 10.0. The number of aliphatic imine (C=N–C) groups is 1. The first kappa shape index (κ1) is 34.2. The number of hydrogen-bond acceptors (Lipinski definition) is 8. The number of nitrogens with zero attached hydrogens (tertiary/aromatic N) is 1. The molecule has 0 fully saturated rings. The van der Waals surface area contributed by atoms with E-state index >= 15 is 0 Å². The Hall–Kier alpha value is -3.85. The van der Waals surface area contributed by atoms with E-state index in [4.69, 9.17) is 22.9 Å². The van der Waals surface area contributed by atoms with Crippen molar-refractivity contribution >= 4 is 47.3 Å². The van der Waals surface area contributed by atoms with Gasteiger partial charge in [-0.05, 0) is 49.7 Å². The van der Waals surface area contributed by atoms with Crippen LogP contribution in [0.15, 0.2) is 35.3 Å². The first-order valence-corrected chi connectivity index (χ1v) is 14.1. The topological polar surface area (TPSA) is 258 Å². The molecule has 14 nitrogen and oxygen atoms in total. The zero-order chi connectivity index (χ0) is 30.1. The standard InChI is InChI=1S/C25H40N8O6S/c1-40-13-11-19(24(38)39)33-23(37)18(9-10-20(27)34)32-22(36)17(8-5-12-30-25(28)29)31-21(35)16(26)14-15-6-3-2-4-7-15/h2-4,6-7,16-19H,5,8-14,26H2,1H3,(H2,27,34)(H,31,35)(H,32,36)(H,33,37)(H,38,39)(H4,28,29,30). The van der Waals surface area contributed by atoms with Gasteiger partial charge in [-0.15, -0.1) is 0 Å². The number of carbonyl (C=O) groups is 5. The molecule has 0 bridgehead atoms. The summed E-state index contributed by atoms with van der Waals surface area (Å²) in [4.78, 5) is 66.0. The third-order valence-electron chi connectivity index (χ3n) is 5.75. The van der Waals surface area contributed by atoms with Gasteiger partial charge in [0.2, 0.25) is 23.6 Å². The summed E-state index contributed by atoms with van der Waals surface area (Å²) in [5.74, 6) is -3.72. The number of guanidine groups is 1. The number of nitrogens with one attached hydrogen (secondary N) is 3. The maximum absolute atomic E-state index is 13.3. The molecule has 12 N–H and O–H groups in total. The fraction of sp³-hybridized carbons (Fsp3) is 0.520. The second-order valence-electron chi connectivity index (χ2n) is 9.05. The number of carboxylic acids is 1. The second kappa shape index (κ2) is 18.4. The minimum atomic E-state index is -1.29. The Kier molecular flexibility index (Phi) is 15.8. The van der Waals surface area contributed by atoms with Gasteiger partial charge in [-0.3, -0.25) is 24.2 Å². The first-order valence-electron chi connectivity index (χ1n) is 12.7. The van der Waals surface area contributed by atoms with Crippen LogP contribution in [0.4, 0.5) is 0 Å². The first-order chi connectivity index (χ1) is 18.9. The normalized spacial score (nSPS) is 13.7. The van der Waals surface area contributed by atoms with Crippen LogP contribution in [-0.4, -0.2) is 83.4 Å². The van der Waals surface area contributed by atoms with Gasteiger partial charge in [0.15, 0.2) is 5.96 Å². The van der Waals surface area contributed by atoms with E-state index in [2.05, 4.69) is 20.9 Å². The quantitative estimate of drug-likeness (QED) is 0.0515. The van der Waals surface area contributed by atoms with Gasteiger partial charge >= 0.3 is 5.97 Å². The lowest BCUT2D eigenvalue weighted by molar-refractivity contribution is -0.142. The molecule has 1 aromatic carbocycles. The third-order valence-corrected chi connectivity index (χ3v) is 6.40. The van der Waals surface area contributed by atoms with Gasteiger partial charge in [-0.2, -0.15) is 11.8 Å². The SMILES string of the molecule is CSCCC(NC(=O)C(CCC(N)=O)NC(=O)C(CCCN=C(N)N)NC(=O)C(N)Cc1ccccc1)C(=O)O. The molecule has 4 atom stereocenters. The van der Waals surface area contributed by atoms with Crippen LogP contribution in [0.3, 0.4) is 0 Å². The highest BCUT2D eigenvalue weighted by molar-refractivity contribution is 7.98. The van der Waals surface area contributed by atoms with E-state index in [1.807, 2.05) is 30.3 Å². The molecule has 4 amide bonds. The van der Waals surface area contributed by atoms with E-state index in [0.717, 1.165) is 5.56 Å². The van der Waals surface area contributed by atoms with Crippen molar-refractivity contribution < 1.29 is 29.1 Å². The average Bonchev–Trinajstić information content (AvgIpc) is 2.90. The van der Waals surface area contributed by atoms with Gasteiger partial charge in [0.25, 0.3) is 0 Å². The summed E-state index contributed by atoms with van der Waals surface area (Å²) in [6.45, 7) is 0.180. The van der Waals surface area contributed by atoms with E-state index in [1.54, 1.807) is 6.26 Å². The van der Waals surface area contributed by atoms with Gasteiger partial charge in [0, 0.05) is 13.0 Å². The fourth-order valence-corrected chi connectivity index (χ4v) is 4.08. The molecule has 0 radical (unpaired) electrons. The van der Waals surface area contributed by atoms with Gasteiger partial charge in [-0.1, -0.05) is 30.3 Å². The summed E-state index contributed by atoms with van der Waals surface area (Å²) in [5, 5.41) is 17.0. The number of primary amides is 1. The summed E-state index contributed by atoms with van der Waals surface area (Å²) in [6.07, 6.45) is 2.16. The zero-order valence-corrected chi connectivity index (χ0v) is 23.3. The molecular formula is C25H40N8O6S. The Morgan fingerprint density at radius 1 is 0.875 bits per heavy atom. The Morgan fingerprint density at radius 3 is 2.00 bits per heavy atom. The van der Waals surface area contributed by atoms with Gasteiger partial charge < -0.3 is 44.0 Å². The summed E-state index contributed by atoms with van der Waals surface area (Å²) < 4.78 is 0. The van der Waals surface area contributed by atoms with Crippen molar-refractivity contribution in [3.05, 3.63) is 35.9 Å². The van der Waals surface area contributed by atoms with Crippen molar-refractivity contribution in [3.8, 4) is 0 Å². The Bertz CT molecular complexity index is 1020. The molecule has 1 rings (SSSR count). The number of aliphatic carboxylic acids is 1. The number of rotatable bonds is 19. The minimum absolute atomic E-state index is 0.0992. The zero-order valence-electron chi connectivity index (χ0n) is 22.5. The van der Waals surface area contributed by atoms with Crippen LogP contribution in [0.2, 0.25) is 0 Å². The van der Waals surface area contributed by atoms with Gasteiger partial charge in [0.1, 0.15) is 18.1 Å². The largest absolute Gasteiger partial charge is 0.480 e. The molecule has 0 saturated heterocycles. The molecule has 40 heavy (non-hydrogen) atoms. The van der Waals surface area contributed by atoms with E-state index in [-0.39, 0.29) is 44.6 Å². The van der Waals surface area contributed by atoms with Crippen molar-refractivity contribution in [2.24, 2.45) is 27.9 Å². The van der Waals surface area contributed by atoms with Crippen molar-refractivity contribution in [2.75, 3.05) is 18.6 Å². The van der Waals surface area contributed by atoms with Crippen LogP contribution in [0.25, 0.3) is 0 Å². The van der Waals surface area contributed by atoms with Crippen LogP contribution in [-0.2, 0) is 30.4 Å². The van der Waals surface area contributed by atoms with Crippen molar-refractivity contribution in [2.45, 2.75) is 62.7 Å². The third kappa shape index (κ3) is 13.8. The molecular weight excluding hydrogens is 540 g/mol. The lowest BCUT2D eigenvalue weighted by Crippen LogP contribution is -2.57. The lowest BCUT2D eigenvalue weighted by Gasteiger charge is -2.25. The monoisotopic (exact) mass is 580 g/mol. The summed E-state index contributed by atoms with van der Waals surface area (Å²) in [6, 6.07) is 4.52. The number of carbonyl (C=O) groups excluding carboxylic acids is 4. The molecule has 15 heteroatoms. The average molecular weight is 581 g/mol. The molecule has 0 saturated carbocycles. The summed E-state index contributed by atoms with van der Waals surface area (Å²) in [7, 11) is 0. The fourth-order valence-electron chi connectivity index (χ4n) is 3.60. The van der Waals surface area contributed by atoms with Crippen LogP contribution < -0.4 is 38.9 Å². The number of thioether (sulfide) groups is 1. The van der Waals surface area contributed by atoms with Crippen LogP contribution >= 0.6 is 11.8 Å². The van der Waals surface area contributed by atoms with Crippen LogP contribution in [0.5, 0.6) is 0 Å². The van der Waals surface area contributed by atoms with E-state index < -0.39 is 53.8 Å². The van der Waals surface area contributed by atoms with Crippen molar-refractivity contribution in [3.63, 3.8) is 0 Å². The van der Waals surface area contributed by atoms with E-state index in [9.17, 15) is 29.1 Å². The molecule has 0 aliphatic rings. The summed E-state index contributed by atoms with van der Waals surface area (Å²) in [5.41, 5.74) is 22.8. The maximum Gasteiger partial charge on any atom is 0.326 e. The molecule has 1 aromatic rings. The Labute approximate surface area is 237 Å². The number of carboxylic acid groups (broad SMARTS) is 1. The molecule has 0 spiro atoms. The highest BCUT2D eigenvalue weighted by Gasteiger charge is 2.30. The number of benzene rings is 1. The van der Waals surface area contributed by atoms with Crippen molar-refractivity contribution in [1.82, 2.24) is 16.0 Å². The number of hydrogen-bond donors (Lipinski definition) is 8. The predicted molar refractivity (Wildman–Crippen MR) is 153 cm³/mol.